The third-order valence-electron chi connectivity index (χ3n) is 6.17. The fourth-order valence-corrected chi connectivity index (χ4v) is 4.26. The van der Waals surface area contributed by atoms with Crippen molar-refractivity contribution < 1.29 is 9.59 Å². The van der Waals surface area contributed by atoms with Crippen LogP contribution >= 0.6 is 0 Å². The van der Waals surface area contributed by atoms with Crippen LogP contribution in [0.4, 0.5) is 5.69 Å². The van der Waals surface area contributed by atoms with Gasteiger partial charge in [0.2, 0.25) is 11.8 Å². The molecule has 0 aliphatic heterocycles. The molecule has 174 valence electrons. The predicted octanol–water partition coefficient (Wildman–Crippen LogP) is 5.52. The highest BCUT2D eigenvalue weighted by Crippen LogP contribution is 2.17. The zero-order chi connectivity index (χ0) is 22.2. The summed E-state index contributed by atoms with van der Waals surface area (Å²) in [4.78, 5) is 27.1. The fourth-order valence-electron chi connectivity index (χ4n) is 4.26. The molecule has 5 heteroatoms. The Balaban J connectivity index is 1.73. The molecule has 0 radical (unpaired) electrons. The number of unbranched alkanes of at least 4 members (excludes halogenated alkanes) is 5. The molecule has 2 rings (SSSR count). The number of carbonyl (C=O) groups is 2. The lowest BCUT2D eigenvalue weighted by Crippen LogP contribution is -2.38. The van der Waals surface area contributed by atoms with E-state index in [9.17, 15) is 9.59 Å². The molecule has 1 saturated carbocycles. The summed E-state index contributed by atoms with van der Waals surface area (Å²) in [6, 6.07) is 9.96. The molecule has 0 atom stereocenters. The van der Waals surface area contributed by atoms with Gasteiger partial charge in [-0.3, -0.25) is 9.59 Å². The molecular formula is C26H43N3O2. The van der Waals surface area contributed by atoms with E-state index in [-0.39, 0.29) is 11.8 Å². The van der Waals surface area contributed by atoms with Crippen molar-refractivity contribution in [3.63, 3.8) is 0 Å². The number of hydrogen-bond acceptors (Lipinski definition) is 3. The first-order chi connectivity index (χ1) is 15.2. The highest BCUT2D eigenvalue weighted by atomic mass is 16.2. The molecule has 5 nitrogen and oxygen atoms in total. The summed E-state index contributed by atoms with van der Waals surface area (Å²) in [6.45, 7) is 4.62. The van der Waals surface area contributed by atoms with Crippen LogP contribution in [0.5, 0.6) is 0 Å². The van der Waals surface area contributed by atoms with Gasteiger partial charge in [-0.2, -0.15) is 0 Å². The number of nitrogens with zero attached hydrogens (tertiary/aromatic N) is 1. The van der Waals surface area contributed by atoms with E-state index in [0.717, 1.165) is 38.0 Å². The molecule has 0 bridgehead atoms. The van der Waals surface area contributed by atoms with Crippen molar-refractivity contribution in [3.05, 3.63) is 30.3 Å². The molecule has 1 aromatic carbocycles. The zero-order valence-electron chi connectivity index (χ0n) is 19.5. The van der Waals surface area contributed by atoms with Crippen molar-refractivity contribution in [2.45, 2.75) is 96.4 Å². The molecule has 1 aromatic rings. The first kappa shape index (κ1) is 25.4. The lowest BCUT2D eigenvalue weighted by molar-refractivity contribution is -0.122. The highest BCUT2D eigenvalue weighted by molar-refractivity contribution is 5.90. The van der Waals surface area contributed by atoms with Gasteiger partial charge in [0.05, 0.1) is 0 Å². The van der Waals surface area contributed by atoms with E-state index in [1.165, 1.54) is 51.4 Å². The van der Waals surface area contributed by atoms with Crippen molar-refractivity contribution in [2.24, 2.45) is 0 Å². The maximum Gasteiger partial charge on any atom is 0.225 e. The summed E-state index contributed by atoms with van der Waals surface area (Å²) in [5, 5.41) is 6.18. The van der Waals surface area contributed by atoms with Crippen molar-refractivity contribution in [3.8, 4) is 0 Å². The number of carbonyl (C=O) groups excluding carboxylic acids is 2. The van der Waals surface area contributed by atoms with Gasteiger partial charge in [0, 0.05) is 37.7 Å². The molecule has 0 spiro atoms. The number of anilines is 1. The molecule has 31 heavy (non-hydrogen) atoms. The molecule has 1 fully saturated rings. The molecule has 0 heterocycles. The largest absolute Gasteiger partial charge is 0.353 e. The monoisotopic (exact) mass is 429 g/mol. The standard InChI is InChI=1S/C26H43N3O2/c1-2-3-4-5-6-13-20-29(21-18-25(30)27-23-14-9-7-10-15-23)22-19-26(31)28-24-16-11-8-12-17-24/h7,9-10,14-15,24H,2-6,8,11-13,16-22H2,1H3,(H,27,30)(H,28,31). The predicted molar refractivity (Wildman–Crippen MR) is 129 cm³/mol. The Morgan fingerprint density at radius 2 is 1.48 bits per heavy atom. The molecule has 1 aliphatic rings. The van der Waals surface area contributed by atoms with Crippen LogP contribution in [0.1, 0.15) is 90.4 Å². The minimum Gasteiger partial charge on any atom is -0.353 e. The van der Waals surface area contributed by atoms with Crippen LogP contribution in [0.15, 0.2) is 30.3 Å². The number of benzene rings is 1. The quantitative estimate of drug-likeness (QED) is 0.361. The Morgan fingerprint density at radius 1 is 0.839 bits per heavy atom. The van der Waals surface area contributed by atoms with Crippen LogP contribution in [0.3, 0.4) is 0 Å². The fraction of sp³-hybridized carbons (Fsp3) is 0.692. The van der Waals surface area contributed by atoms with Crippen LogP contribution < -0.4 is 10.6 Å². The summed E-state index contributed by atoms with van der Waals surface area (Å²) in [7, 11) is 0. The number of nitrogens with one attached hydrogen (secondary N) is 2. The number of rotatable bonds is 15. The Bertz CT molecular complexity index is 614. The Hall–Kier alpha value is -1.88. The Kier molecular flexibility index (Phi) is 13.0. The van der Waals surface area contributed by atoms with E-state index >= 15 is 0 Å². The van der Waals surface area contributed by atoms with Crippen LogP contribution in [0.25, 0.3) is 0 Å². The second-order valence-corrected chi connectivity index (χ2v) is 8.93. The topological polar surface area (TPSA) is 61.4 Å². The maximum absolute atomic E-state index is 12.4. The van der Waals surface area contributed by atoms with Crippen LogP contribution in [-0.4, -0.2) is 42.4 Å². The van der Waals surface area contributed by atoms with Gasteiger partial charge in [0.1, 0.15) is 0 Å². The maximum atomic E-state index is 12.4. The lowest BCUT2D eigenvalue weighted by Gasteiger charge is -2.25. The lowest BCUT2D eigenvalue weighted by atomic mass is 9.95. The molecule has 2 amide bonds. The zero-order valence-corrected chi connectivity index (χ0v) is 19.5. The summed E-state index contributed by atoms with van der Waals surface area (Å²) >= 11 is 0. The summed E-state index contributed by atoms with van der Waals surface area (Å²) in [5.74, 6) is 0.194. The molecule has 0 unspecified atom stereocenters. The number of amides is 2. The third kappa shape index (κ3) is 11.9. The molecular weight excluding hydrogens is 386 g/mol. The minimum absolute atomic E-state index is 0.0332. The van der Waals surface area contributed by atoms with Gasteiger partial charge < -0.3 is 15.5 Å². The first-order valence-electron chi connectivity index (χ1n) is 12.5. The van der Waals surface area contributed by atoms with Crippen LogP contribution in [0.2, 0.25) is 0 Å². The van der Waals surface area contributed by atoms with Gasteiger partial charge >= 0.3 is 0 Å². The van der Waals surface area contributed by atoms with Gasteiger partial charge in [-0.25, -0.2) is 0 Å². The number of hydrogen-bond donors (Lipinski definition) is 2. The highest BCUT2D eigenvalue weighted by Gasteiger charge is 2.16. The van der Waals surface area contributed by atoms with Crippen molar-refractivity contribution >= 4 is 17.5 Å². The second kappa shape index (κ2) is 15.9. The summed E-state index contributed by atoms with van der Waals surface area (Å²) in [6.07, 6.45) is 14.5. The SMILES string of the molecule is CCCCCCCCN(CCC(=O)Nc1ccccc1)CCC(=O)NC1CCCCC1. The van der Waals surface area contributed by atoms with E-state index in [2.05, 4.69) is 22.5 Å². The van der Waals surface area contributed by atoms with Gasteiger partial charge in [0.25, 0.3) is 0 Å². The van der Waals surface area contributed by atoms with E-state index in [4.69, 9.17) is 0 Å². The molecule has 0 aromatic heterocycles. The average molecular weight is 430 g/mol. The van der Waals surface area contributed by atoms with Crippen LogP contribution in [-0.2, 0) is 9.59 Å². The molecule has 1 aliphatic carbocycles. The van der Waals surface area contributed by atoms with E-state index in [1.54, 1.807) is 0 Å². The second-order valence-electron chi connectivity index (χ2n) is 8.93. The summed E-state index contributed by atoms with van der Waals surface area (Å²) in [5.41, 5.74) is 0.835. The van der Waals surface area contributed by atoms with Gasteiger partial charge in [-0.1, -0.05) is 76.5 Å². The van der Waals surface area contributed by atoms with Gasteiger partial charge in [-0.15, -0.1) is 0 Å². The van der Waals surface area contributed by atoms with E-state index in [0.29, 0.717) is 25.4 Å². The third-order valence-corrected chi connectivity index (χ3v) is 6.17. The van der Waals surface area contributed by atoms with Crippen molar-refractivity contribution in [1.82, 2.24) is 10.2 Å². The Labute approximate surface area is 189 Å². The normalized spacial score (nSPS) is 14.5. The smallest absolute Gasteiger partial charge is 0.225 e. The van der Waals surface area contributed by atoms with Crippen molar-refractivity contribution in [2.75, 3.05) is 25.0 Å². The number of para-hydroxylation sites is 1. The molecule has 0 saturated heterocycles. The van der Waals surface area contributed by atoms with Crippen molar-refractivity contribution in [1.29, 1.82) is 0 Å². The average Bonchev–Trinajstić information content (AvgIpc) is 2.78. The molecule has 2 N–H and O–H groups in total. The van der Waals surface area contributed by atoms with E-state index in [1.807, 2.05) is 30.3 Å². The van der Waals surface area contributed by atoms with Gasteiger partial charge in [0.15, 0.2) is 0 Å². The van der Waals surface area contributed by atoms with Gasteiger partial charge in [-0.05, 0) is 37.9 Å². The first-order valence-corrected chi connectivity index (χ1v) is 12.5. The Morgan fingerprint density at radius 3 is 2.19 bits per heavy atom. The minimum atomic E-state index is 0.0332. The van der Waals surface area contributed by atoms with E-state index < -0.39 is 0 Å². The van der Waals surface area contributed by atoms with Crippen LogP contribution in [0, 0.1) is 0 Å². The summed E-state index contributed by atoms with van der Waals surface area (Å²) < 4.78 is 0.